The zero-order chi connectivity index (χ0) is 14.4. The summed E-state index contributed by atoms with van der Waals surface area (Å²) >= 11 is 0. The van der Waals surface area contributed by atoms with Gasteiger partial charge in [-0.05, 0) is 36.5 Å². The first-order valence-electron chi connectivity index (χ1n) is 7.17. The summed E-state index contributed by atoms with van der Waals surface area (Å²) in [6.07, 6.45) is 2.53. The average molecular weight is 398 g/mol. The molecular formula is C16H23IN4. The number of guanidine groups is 1. The topological polar surface area (TPSA) is 51.4 Å². The Morgan fingerprint density at radius 3 is 3.00 bits per heavy atom. The number of hydrogen-bond acceptors (Lipinski definition) is 2. The van der Waals surface area contributed by atoms with Gasteiger partial charge in [-0.1, -0.05) is 19.1 Å². The van der Waals surface area contributed by atoms with Crippen LogP contribution in [0.3, 0.4) is 0 Å². The van der Waals surface area contributed by atoms with E-state index in [1.54, 1.807) is 0 Å². The molecule has 4 nitrogen and oxygen atoms in total. The summed E-state index contributed by atoms with van der Waals surface area (Å²) in [5.74, 6) is 1.68. The number of nitrogens with zero attached hydrogens (tertiary/aromatic N) is 3. The second kappa shape index (κ2) is 8.88. The number of rotatable bonds is 2. The highest BCUT2D eigenvalue weighted by Crippen LogP contribution is 2.15. The standard InChI is InChI=1S/C16H22N4.HI/c1-13-5-4-8-20(12-13)16(18-2)19-11-15-7-3-6-14(9-15)10-17;/h3,6-7,9,13H,4-5,8,11-12H2,1-2H3,(H,18,19);1H. The Bertz CT molecular complexity index is 521. The number of aliphatic imine (C=N–C) groups is 1. The number of nitriles is 1. The van der Waals surface area contributed by atoms with Crippen molar-refractivity contribution in [3.8, 4) is 6.07 Å². The normalized spacial score (nSPS) is 18.6. The summed E-state index contributed by atoms with van der Waals surface area (Å²) in [6, 6.07) is 9.86. The van der Waals surface area contributed by atoms with Crippen LogP contribution >= 0.6 is 24.0 Å². The van der Waals surface area contributed by atoms with Crippen LogP contribution in [0.25, 0.3) is 0 Å². The third kappa shape index (κ3) is 5.20. The van der Waals surface area contributed by atoms with Crippen molar-refractivity contribution in [1.82, 2.24) is 10.2 Å². The molecule has 0 amide bonds. The second-order valence-electron chi connectivity index (χ2n) is 5.41. The van der Waals surface area contributed by atoms with Gasteiger partial charge in [0.15, 0.2) is 5.96 Å². The highest BCUT2D eigenvalue weighted by molar-refractivity contribution is 14.0. The molecule has 0 aliphatic carbocycles. The van der Waals surface area contributed by atoms with Crippen molar-refractivity contribution in [3.05, 3.63) is 35.4 Å². The third-order valence-corrected chi connectivity index (χ3v) is 3.68. The fraction of sp³-hybridized carbons (Fsp3) is 0.500. The Balaban J connectivity index is 0.00000220. The zero-order valence-electron chi connectivity index (χ0n) is 12.7. The molecule has 1 N–H and O–H groups in total. The highest BCUT2D eigenvalue weighted by Gasteiger charge is 2.18. The van der Waals surface area contributed by atoms with Crippen LogP contribution in [0.15, 0.2) is 29.3 Å². The Hall–Kier alpha value is -1.29. The van der Waals surface area contributed by atoms with Gasteiger partial charge < -0.3 is 10.2 Å². The molecule has 21 heavy (non-hydrogen) atoms. The summed E-state index contributed by atoms with van der Waals surface area (Å²) in [7, 11) is 1.83. The first-order chi connectivity index (χ1) is 9.72. The molecule has 2 rings (SSSR count). The zero-order valence-corrected chi connectivity index (χ0v) is 15.0. The van der Waals surface area contributed by atoms with E-state index in [1.165, 1.54) is 12.8 Å². The van der Waals surface area contributed by atoms with E-state index < -0.39 is 0 Å². The Kier molecular flexibility index (Phi) is 7.51. The van der Waals surface area contributed by atoms with Gasteiger partial charge in [-0.25, -0.2) is 0 Å². The maximum atomic E-state index is 8.92. The molecule has 114 valence electrons. The van der Waals surface area contributed by atoms with Gasteiger partial charge in [0.2, 0.25) is 0 Å². The van der Waals surface area contributed by atoms with Crippen LogP contribution in [0.4, 0.5) is 0 Å². The maximum absolute atomic E-state index is 8.92. The lowest BCUT2D eigenvalue weighted by Gasteiger charge is -2.33. The van der Waals surface area contributed by atoms with Crippen LogP contribution in [0.2, 0.25) is 0 Å². The van der Waals surface area contributed by atoms with Gasteiger partial charge in [-0.2, -0.15) is 5.26 Å². The number of halogens is 1. The van der Waals surface area contributed by atoms with Gasteiger partial charge in [0.05, 0.1) is 11.6 Å². The molecule has 0 radical (unpaired) electrons. The minimum absolute atomic E-state index is 0. The van der Waals surface area contributed by atoms with Gasteiger partial charge in [-0.3, -0.25) is 4.99 Å². The molecule has 5 heteroatoms. The first-order valence-corrected chi connectivity index (χ1v) is 7.17. The maximum Gasteiger partial charge on any atom is 0.193 e. The molecule has 1 aromatic rings. The number of nitrogens with one attached hydrogen (secondary N) is 1. The van der Waals surface area contributed by atoms with E-state index in [-0.39, 0.29) is 24.0 Å². The molecular weight excluding hydrogens is 375 g/mol. The van der Waals surface area contributed by atoms with Crippen molar-refractivity contribution in [1.29, 1.82) is 5.26 Å². The fourth-order valence-corrected chi connectivity index (χ4v) is 2.65. The first kappa shape index (κ1) is 17.8. The monoisotopic (exact) mass is 398 g/mol. The number of likely N-dealkylation sites (tertiary alicyclic amines) is 1. The van der Waals surface area contributed by atoms with E-state index in [4.69, 9.17) is 5.26 Å². The van der Waals surface area contributed by atoms with Crippen molar-refractivity contribution >= 4 is 29.9 Å². The van der Waals surface area contributed by atoms with Crippen molar-refractivity contribution in [2.24, 2.45) is 10.9 Å². The smallest absolute Gasteiger partial charge is 0.193 e. The number of piperidine rings is 1. The molecule has 0 aromatic heterocycles. The molecule has 1 atom stereocenters. The van der Waals surface area contributed by atoms with Crippen molar-refractivity contribution < 1.29 is 0 Å². The lowest BCUT2D eigenvalue weighted by Crippen LogP contribution is -2.45. The number of benzene rings is 1. The van der Waals surface area contributed by atoms with Gasteiger partial charge >= 0.3 is 0 Å². The van der Waals surface area contributed by atoms with Gasteiger partial charge in [0.25, 0.3) is 0 Å². The van der Waals surface area contributed by atoms with Crippen molar-refractivity contribution in [2.75, 3.05) is 20.1 Å². The molecule has 1 unspecified atom stereocenters. The average Bonchev–Trinajstić information content (AvgIpc) is 2.48. The Morgan fingerprint density at radius 1 is 1.52 bits per heavy atom. The Morgan fingerprint density at radius 2 is 2.33 bits per heavy atom. The van der Waals surface area contributed by atoms with Crippen LogP contribution in [-0.2, 0) is 6.54 Å². The fourth-order valence-electron chi connectivity index (χ4n) is 2.65. The van der Waals surface area contributed by atoms with Gasteiger partial charge in [0.1, 0.15) is 0 Å². The molecule has 1 aliphatic rings. The largest absolute Gasteiger partial charge is 0.352 e. The lowest BCUT2D eigenvalue weighted by molar-refractivity contribution is 0.266. The number of hydrogen-bond donors (Lipinski definition) is 1. The van der Waals surface area contributed by atoms with Crippen LogP contribution < -0.4 is 5.32 Å². The molecule has 0 bridgehead atoms. The quantitative estimate of drug-likeness (QED) is 0.474. The molecule has 1 fully saturated rings. The lowest BCUT2D eigenvalue weighted by atomic mass is 10.0. The van der Waals surface area contributed by atoms with Crippen molar-refractivity contribution in [3.63, 3.8) is 0 Å². The summed E-state index contributed by atoms with van der Waals surface area (Å²) < 4.78 is 0. The second-order valence-corrected chi connectivity index (χ2v) is 5.41. The summed E-state index contributed by atoms with van der Waals surface area (Å²) in [4.78, 5) is 6.69. The van der Waals surface area contributed by atoms with Crippen LogP contribution in [0, 0.1) is 17.2 Å². The molecule has 1 heterocycles. The molecule has 1 aromatic carbocycles. The van der Waals surface area contributed by atoms with Crippen molar-refractivity contribution in [2.45, 2.75) is 26.3 Å². The van der Waals surface area contributed by atoms with E-state index in [1.807, 2.05) is 31.3 Å². The summed E-state index contributed by atoms with van der Waals surface area (Å²) in [6.45, 7) is 5.13. The molecule has 1 aliphatic heterocycles. The van der Waals surface area contributed by atoms with Gasteiger partial charge in [0, 0.05) is 26.7 Å². The van der Waals surface area contributed by atoms with Crippen LogP contribution in [-0.4, -0.2) is 31.0 Å². The minimum atomic E-state index is 0. The van der Waals surface area contributed by atoms with E-state index in [0.29, 0.717) is 12.1 Å². The minimum Gasteiger partial charge on any atom is -0.352 e. The van der Waals surface area contributed by atoms with Crippen LogP contribution in [0.1, 0.15) is 30.9 Å². The van der Waals surface area contributed by atoms with E-state index in [9.17, 15) is 0 Å². The molecule has 0 spiro atoms. The van der Waals surface area contributed by atoms with E-state index in [0.717, 1.165) is 30.5 Å². The van der Waals surface area contributed by atoms with Crippen LogP contribution in [0.5, 0.6) is 0 Å². The SMILES string of the molecule is CN=C(NCc1cccc(C#N)c1)N1CCCC(C)C1.I. The van der Waals surface area contributed by atoms with E-state index in [2.05, 4.69) is 28.2 Å². The third-order valence-electron chi connectivity index (χ3n) is 3.68. The molecule has 0 saturated carbocycles. The molecule has 1 saturated heterocycles. The Labute approximate surface area is 144 Å². The summed E-state index contributed by atoms with van der Waals surface area (Å²) in [5.41, 5.74) is 1.81. The predicted molar refractivity (Wildman–Crippen MR) is 96.7 cm³/mol. The van der Waals surface area contributed by atoms with E-state index >= 15 is 0 Å². The van der Waals surface area contributed by atoms with Gasteiger partial charge in [-0.15, -0.1) is 24.0 Å². The highest BCUT2D eigenvalue weighted by atomic mass is 127. The summed E-state index contributed by atoms with van der Waals surface area (Å²) in [5, 5.41) is 12.3. The predicted octanol–water partition coefficient (Wildman–Crippen LogP) is 2.98.